The largest absolute Gasteiger partial charge is 0.493 e. The van der Waals surface area contributed by atoms with Crippen molar-refractivity contribution in [2.45, 2.75) is 19.4 Å². The average Bonchev–Trinajstić information content (AvgIpc) is 2.38. The molecule has 0 bridgehead atoms. The van der Waals surface area contributed by atoms with Crippen LogP contribution in [0, 0.1) is 3.57 Å². The summed E-state index contributed by atoms with van der Waals surface area (Å²) in [4.78, 5) is 11.5. The van der Waals surface area contributed by atoms with Gasteiger partial charge >= 0.3 is 5.97 Å². The first-order valence-electron chi connectivity index (χ1n) is 5.86. The number of hydrogen-bond acceptors (Lipinski definition) is 5. The Morgan fingerprint density at radius 1 is 1.37 bits per heavy atom. The van der Waals surface area contributed by atoms with Crippen LogP contribution < -0.4 is 15.2 Å². The molecular weight excluding hydrogens is 361 g/mol. The Kier molecular flexibility index (Phi) is 6.36. The van der Waals surface area contributed by atoms with E-state index < -0.39 is 12.0 Å². The van der Waals surface area contributed by atoms with Crippen LogP contribution in [0.1, 0.15) is 12.5 Å². The van der Waals surface area contributed by atoms with Gasteiger partial charge in [0.25, 0.3) is 0 Å². The molecule has 0 aromatic heterocycles. The molecule has 1 rings (SSSR count). The van der Waals surface area contributed by atoms with Gasteiger partial charge < -0.3 is 19.9 Å². The minimum absolute atomic E-state index is 0.329. The minimum Gasteiger partial charge on any atom is -0.493 e. The van der Waals surface area contributed by atoms with Crippen molar-refractivity contribution in [3.8, 4) is 11.5 Å². The van der Waals surface area contributed by atoms with Crippen molar-refractivity contribution in [1.82, 2.24) is 0 Å². The van der Waals surface area contributed by atoms with Gasteiger partial charge in [0.15, 0.2) is 11.5 Å². The molecule has 6 heteroatoms. The normalized spacial score (nSPS) is 11.8. The van der Waals surface area contributed by atoms with Crippen LogP contribution in [0.5, 0.6) is 11.5 Å². The van der Waals surface area contributed by atoms with E-state index in [4.69, 9.17) is 19.9 Å². The van der Waals surface area contributed by atoms with Crippen LogP contribution in [0.15, 0.2) is 12.1 Å². The number of hydrogen-bond donors (Lipinski definition) is 1. The fraction of sp³-hybridized carbons (Fsp3) is 0.462. The van der Waals surface area contributed by atoms with E-state index in [0.717, 1.165) is 9.13 Å². The summed E-state index contributed by atoms with van der Waals surface area (Å²) in [6.45, 7) is 2.08. The second kappa shape index (κ2) is 7.54. The number of esters is 1. The van der Waals surface area contributed by atoms with E-state index in [1.165, 1.54) is 0 Å². The van der Waals surface area contributed by atoms with Crippen LogP contribution in [0.2, 0.25) is 0 Å². The highest BCUT2D eigenvalue weighted by Gasteiger charge is 2.17. The summed E-state index contributed by atoms with van der Waals surface area (Å²) >= 11 is 2.15. The van der Waals surface area contributed by atoms with E-state index in [0.29, 0.717) is 24.5 Å². The summed E-state index contributed by atoms with van der Waals surface area (Å²) in [5.41, 5.74) is 6.70. The zero-order valence-corrected chi connectivity index (χ0v) is 13.4. The Labute approximate surface area is 126 Å². The number of halogens is 1. The maximum atomic E-state index is 11.5. The van der Waals surface area contributed by atoms with Crippen LogP contribution in [0.25, 0.3) is 0 Å². The fourth-order valence-corrected chi connectivity index (χ4v) is 2.56. The zero-order valence-electron chi connectivity index (χ0n) is 11.2. The average molecular weight is 379 g/mol. The highest BCUT2D eigenvalue weighted by molar-refractivity contribution is 14.1. The summed E-state index contributed by atoms with van der Waals surface area (Å²) in [6.07, 6.45) is 0.398. The molecule has 0 aliphatic rings. The van der Waals surface area contributed by atoms with Crippen molar-refractivity contribution in [2.75, 3.05) is 20.8 Å². The molecule has 0 fully saturated rings. The molecule has 0 saturated carbocycles. The van der Waals surface area contributed by atoms with Gasteiger partial charge in [0, 0.05) is 0 Å². The van der Waals surface area contributed by atoms with Gasteiger partial charge in [0.05, 0.1) is 24.4 Å². The second-order valence-corrected chi connectivity index (χ2v) is 5.04. The molecule has 1 atom stereocenters. The maximum absolute atomic E-state index is 11.5. The highest BCUT2D eigenvalue weighted by Crippen LogP contribution is 2.33. The highest BCUT2D eigenvalue weighted by atomic mass is 127. The van der Waals surface area contributed by atoms with E-state index in [1.54, 1.807) is 21.1 Å². The topological polar surface area (TPSA) is 70.8 Å². The van der Waals surface area contributed by atoms with Gasteiger partial charge in [0.2, 0.25) is 0 Å². The molecule has 1 aromatic rings. The SMILES string of the molecule is CCOC(=O)C(N)Cc1cc(I)c(OC)c(OC)c1. The Morgan fingerprint density at radius 2 is 2.05 bits per heavy atom. The molecular formula is C13H18INO4. The fourth-order valence-electron chi connectivity index (χ4n) is 1.68. The van der Waals surface area contributed by atoms with Crippen LogP contribution >= 0.6 is 22.6 Å². The van der Waals surface area contributed by atoms with Gasteiger partial charge in [-0.05, 0) is 53.6 Å². The quantitative estimate of drug-likeness (QED) is 0.603. The third-order valence-corrected chi connectivity index (χ3v) is 3.34. The van der Waals surface area contributed by atoms with Crippen molar-refractivity contribution in [3.63, 3.8) is 0 Å². The van der Waals surface area contributed by atoms with Gasteiger partial charge in [-0.2, -0.15) is 0 Å². The van der Waals surface area contributed by atoms with Crippen molar-refractivity contribution >= 4 is 28.6 Å². The van der Waals surface area contributed by atoms with E-state index in [-0.39, 0.29) is 0 Å². The number of rotatable bonds is 6. The van der Waals surface area contributed by atoms with Crippen LogP contribution in [0.3, 0.4) is 0 Å². The summed E-state index contributed by atoms with van der Waals surface area (Å²) in [6, 6.07) is 3.06. The molecule has 0 aliphatic carbocycles. The van der Waals surface area contributed by atoms with Crippen LogP contribution in [-0.4, -0.2) is 32.8 Å². The summed E-state index contributed by atoms with van der Waals surface area (Å²) < 4.78 is 16.3. The number of methoxy groups -OCH3 is 2. The molecule has 106 valence electrons. The summed E-state index contributed by atoms with van der Waals surface area (Å²) in [5.74, 6) is 0.907. The first-order chi connectivity index (χ1) is 9.03. The molecule has 0 amide bonds. The molecule has 5 nitrogen and oxygen atoms in total. The van der Waals surface area contributed by atoms with Crippen molar-refractivity contribution in [2.24, 2.45) is 5.73 Å². The summed E-state index contributed by atoms with van der Waals surface area (Å²) in [5, 5.41) is 0. The van der Waals surface area contributed by atoms with Crippen molar-refractivity contribution in [3.05, 3.63) is 21.3 Å². The van der Waals surface area contributed by atoms with Crippen molar-refractivity contribution < 1.29 is 19.0 Å². The lowest BCUT2D eigenvalue weighted by atomic mass is 10.1. The maximum Gasteiger partial charge on any atom is 0.323 e. The Hall–Kier alpha value is -1.02. The lowest BCUT2D eigenvalue weighted by Gasteiger charge is -2.14. The van der Waals surface area contributed by atoms with E-state index >= 15 is 0 Å². The lowest BCUT2D eigenvalue weighted by Crippen LogP contribution is -2.34. The molecule has 0 heterocycles. The van der Waals surface area contributed by atoms with Crippen LogP contribution in [0.4, 0.5) is 0 Å². The van der Waals surface area contributed by atoms with Crippen molar-refractivity contribution in [1.29, 1.82) is 0 Å². The standard InChI is InChI=1S/C13H18INO4/c1-4-19-13(16)10(15)6-8-5-9(14)12(18-3)11(7-8)17-2/h5,7,10H,4,6,15H2,1-3H3. The molecule has 1 unspecified atom stereocenters. The van der Waals surface area contributed by atoms with Gasteiger partial charge in [-0.15, -0.1) is 0 Å². The van der Waals surface area contributed by atoms with E-state index in [1.807, 2.05) is 12.1 Å². The van der Waals surface area contributed by atoms with E-state index in [9.17, 15) is 4.79 Å². The minimum atomic E-state index is -0.672. The molecule has 0 aliphatic heterocycles. The first-order valence-corrected chi connectivity index (χ1v) is 6.94. The lowest BCUT2D eigenvalue weighted by molar-refractivity contribution is -0.144. The number of carbonyl (C=O) groups is 1. The van der Waals surface area contributed by atoms with Gasteiger partial charge in [-0.25, -0.2) is 0 Å². The number of ether oxygens (including phenoxy) is 3. The zero-order chi connectivity index (χ0) is 14.4. The monoisotopic (exact) mass is 379 g/mol. The van der Waals surface area contributed by atoms with Crippen LogP contribution in [-0.2, 0) is 16.0 Å². The predicted octanol–water partition coefficient (Wildman–Crippen LogP) is 1.74. The number of benzene rings is 1. The molecule has 0 saturated heterocycles. The van der Waals surface area contributed by atoms with E-state index in [2.05, 4.69) is 22.6 Å². The van der Waals surface area contributed by atoms with Gasteiger partial charge in [0.1, 0.15) is 6.04 Å². The second-order valence-electron chi connectivity index (χ2n) is 3.88. The third kappa shape index (κ3) is 4.24. The Balaban J connectivity index is 2.90. The van der Waals surface area contributed by atoms with Gasteiger partial charge in [-0.1, -0.05) is 0 Å². The van der Waals surface area contributed by atoms with Gasteiger partial charge in [-0.3, -0.25) is 4.79 Å². The molecule has 0 spiro atoms. The molecule has 2 N–H and O–H groups in total. The third-order valence-electron chi connectivity index (χ3n) is 2.54. The number of carbonyl (C=O) groups excluding carboxylic acids is 1. The molecule has 1 aromatic carbocycles. The summed E-state index contributed by atoms with van der Waals surface area (Å²) in [7, 11) is 3.16. The Morgan fingerprint density at radius 3 is 2.58 bits per heavy atom. The molecule has 19 heavy (non-hydrogen) atoms. The first kappa shape index (κ1) is 16.0. The Bertz CT molecular complexity index is 451. The smallest absolute Gasteiger partial charge is 0.323 e. The molecule has 0 radical (unpaired) electrons. The number of nitrogens with two attached hydrogens (primary N) is 1. The predicted molar refractivity (Wildman–Crippen MR) is 80.6 cm³/mol.